The summed E-state index contributed by atoms with van der Waals surface area (Å²) in [6, 6.07) is 4.96. The number of rotatable bonds is 5. The van der Waals surface area contributed by atoms with Crippen molar-refractivity contribution in [3.8, 4) is 0 Å². The molecule has 2 rings (SSSR count). The fourth-order valence-electron chi connectivity index (χ4n) is 2.07. The maximum absolute atomic E-state index is 13.4. The van der Waals surface area contributed by atoms with Crippen LogP contribution in [0.3, 0.4) is 0 Å². The topological polar surface area (TPSA) is 37.8 Å². The summed E-state index contributed by atoms with van der Waals surface area (Å²) in [6.07, 6.45) is 4.19. The van der Waals surface area contributed by atoms with E-state index in [2.05, 4.69) is 31.2 Å². The van der Waals surface area contributed by atoms with E-state index >= 15 is 0 Å². The van der Waals surface area contributed by atoms with E-state index in [0.717, 1.165) is 28.0 Å². The van der Waals surface area contributed by atoms with Gasteiger partial charge >= 0.3 is 0 Å². The van der Waals surface area contributed by atoms with Crippen LogP contribution in [0.4, 0.5) is 4.39 Å². The second-order valence-corrected chi connectivity index (χ2v) is 5.59. The number of aromatic nitrogens is 2. The molecule has 1 atom stereocenters. The summed E-state index contributed by atoms with van der Waals surface area (Å²) in [7, 11) is 0. The molecular formula is C15H17BrFN3. The Labute approximate surface area is 126 Å². The molecule has 1 unspecified atom stereocenters. The Bertz CT molecular complexity index is 552. The molecule has 2 aromatic rings. The highest BCUT2D eigenvalue weighted by Gasteiger charge is 2.14. The quantitative estimate of drug-likeness (QED) is 0.906. The number of likely N-dealkylation sites (N-methyl/N-ethyl adjacent to an activating group) is 1. The highest BCUT2D eigenvalue weighted by molar-refractivity contribution is 9.10. The summed E-state index contributed by atoms with van der Waals surface area (Å²) in [5.41, 5.74) is 2.68. The highest BCUT2D eigenvalue weighted by atomic mass is 79.9. The van der Waals surface area contributed by atoms with E-state index < -0.39 is 0 Å². The van der Waals surface area contributed by atoms with Crippen molar-refractivity contribution in [3.63, 3.8) is 0 Å². The lowest BCUT2D eigenvalue weighted by molar-refractivity contribution is 0.531. The standard InChI is InChI=1S/C15H17BrFN3/c1-3-18-14(15-9-19-10(2)8-20-15)6-11-4-12(16)7-13(17)5-11/h4-5,7-9,14,18H,3,6H2,1-2H3. The Morgan fingerprint density at radius 1 is 1.25 bits per heavy atom. The Morgan fingerprint density at radius 2 is 2.05 bits per heavy atom. The number of benzene rings is 1. The summed E-state index contributed by atoms with van der Waals surface area (Å²) >= 11 is 3.32. The SMILES string of the molecule is CCNC(Cc1cc(F)cc(Br)c1)c1cnc(C)cn1. The van der Waals surface area contributed by atoms with Crippen LogP contribution in [0.15, 0.2) is 35.1 Å². The third-order valence-corrected chi connectivity index (χ3v) is 3.43. The third kappa shape index (κ3) is 4.08. The Balaban J connectivity index is 2.22. The molecule has 3 nitrogen and oxygen atoms in total. The van der Waals surface area contributed by atoms with E-state index in [1.807, 2.05) is 19.9 Å². The molecule has 1 aromatic heterocycles. The molecule has 0 amide bonds. The number of hydrogen-bond acceptors (Lipinski definition) is 3. The number of nitrogens with one attached hydrogen (secondary N) is 1. The van der Waals surface area contributed by atoms with E-state index in [4.69, 9.17) is 0 Å². The Hall–Kier alpha value is -1.33. The lowest BCUT2D eigenvalue weighted by Gasteiger charge is -2.17. The lowest BCUT2D eigenvalue weighted by Crippen LogP contribution is -2.24. The normalized spacial score (nSPS) is 12.4. The van der Waals surface area contributed by atoms with Gasteiger partial charge in [0.25, 0.3) is 0 Å². The molecule has 5 heteroatoms. The van der Waals surface area contributed by atoms with E-state index in [-0.39, 0.29) is 11.9 Å². The zero-order chi connectivity index (χ0) is 14.5. The van der Waals surface area contributed by atoms with Gasteiger partial charge in [0, 0.05) is 10.7 Å². The van der Waals surface area contributed by atoms with Crippen LogP contribution in [0.5, 0.6) is 0 Å². The van der Waals surface area contributed by atoms with E-state index in [1.165, 1.54) is 6.07 Å². The maximum atomic E-state index is 13.4. The van der Waals surface area contributed by atoms with Crippen molar-refractivity contribution >= 4 is 15.9 Å². The van der Waals surface area contributed by atoms with Gasteiger partial charge in [0.1, 0.15) is 5.82 Å². The average molecular weight is 338 g/mol. The molecule has 0 aliphatic carbocycles. The number of nitrogens with zero attached hydrogens (tertiary/aromatic N) is 2. The first-order valence-corrected chi connectivity index (χ1v) is 7.34. The summed E-state index contributed by atoms with van der Waals surface area (Å²) in [5, 5.41) is 3.37. The van der Waals surface area contributed by atoms with Crippen LogP contribution >= 0.6 is 15.9 Å². The van der Waals surface area contributed by atoms with Gasteiger partial charge in [-0.1, -0.05) is 22.9 Å². The minimum absolute atomic E-state index is 0.0294. The number of halogens is 2. The van der Waals surface area contributed by atoms with Crippen molar-refractivity contribution < 1.29 is 4.39 Å². The second kappa shape index (κ2) is 6.90. The van der Waals surface area contributed by atoms with Gasteiger partial charge in [0.2, 0.25) is 0 Å². The third-order valence-electron chi connectivity index (χ3n) is 2.97. The molecule has 1 aromatic carbocycles. The van der Waals surface area contributed by atoms with Crippen LogP contribution in [0.2, 0.25) is 0 Å². The van der Waals surface area contributed by atoms with Gasteiger partial charge in [-0.15, -0.1) is 0 Å². The van der Waals surface area contributed by atoms with Crippen molar-refractivity contribution in [1.82, 2.24) is 15.3 Å². The summed E-state index contributed by atoms with van der Waals surface area (Å²) in [5.74, 6) is -0.236. The molecule has 0 bridgehead atoms. The molecule has 1 N–H and O–H groups in total. The maximum Gasteiger partial charge on any atom is 0.124 e. The fourth-order valence-corrected chi connectivity index (χ4v) is 2.59. The van der Waals surface area contributed by atoms with Crippen LogP contribution in [0, 0.1) is 12.7 Å². The predicted molar refractivity (Wildman–Crippen MR) is 81.0 cm³/mol. The molecule has 0 saturated carbocycles. The van der Waals surface area contributed by atoms with E-state index in [0.29, 0.717) is 6.42 Å². The molecule has 0 saturated heterocycles. The van der Waals surface area contributed by atoms with Gasteiger partial charge in [-0.25, -0.2) is 4.39 Å². The predicted octanol–water partition coefficient (Wildman–Crippen LogP) is 3.58. The lowest BCUT2D eigenvalue weighted by atomic mass is 10.0. The average Bonchev–Trinajstić information content (AvgIpc) is 2.38. The van der Waals surface area contributed by atoms with Crippen molar-refractivity contribution in [2.24, 2.45) is 0 Å². The van der Waals surface area contributed by atoms with Crippen LogP contribution in [0.25, 0.3) is 0 Å². The van der Waals surface area contributed by atoms with Crippen LogP contribution in [-0.4, -0.2) is 16.5 Å². The van der Waals surface area contributed by atoms with Crippen molar-refractivity contribution in [1.29, 1.82) is 0 Å². The summed E-state index contributed by atoms with van der Waals surface area (Å²) in [6.45, 7) is 4.76. The fraction of sp³-hybridized carbons (Fsp3) is 0.333. The van der Waals surface area contributed by atoms with Crippen molar-refractivity contribution in [3.05, 3.63) is 57.8 Å². The van der Waals surface area contributed by atoms with E-state index in [9.17, 15) is 4.39 Å². The number of aryl methyl sites for hydroxylation is 1. The first kappa shape index (κ1) is 15.1. The molecule has 0 spiro atoms. The molecule has 0 radical (unpaired) electrons. The van der Waals surface area contributed by atoms with Crippen molar-refractivity contribution in [2.45, 2.75) is 26.3 Å². The second-order valence-electron chi connectivity index (χ2n) is 4.67. The van der Waals surface area contributed by atoms with Gasteiger partial charge in [0.05, 0.1) is 23.6 Å². The van der Waals surface area contributed by atoms with Gasteiger partial charge in [0.15, 0.2) is 0 Å². The van der Waals surface area contributed by atoms with E-state index in [1.54, 1.807) is 18.5 Å². The van der Waals surface area contributed by atoms with Crippen molar-refractivity contribution in [2.75, 3.05) is 6.54 Å². The van der Waals surface area contributed by atoms with Gasteiger partial charge < -0.3 is 5.32 Å². The molecule has 0 aliphatic rings. The molecule has 0 fully saturated rings. The molecule has 20 heavy (non-hydrogen) atoms. The zero-order valence-electron chi connectivity index (χ0n) is 11.5. The first-order valence-electron chi connectivity index (χ1n) is 6.55. The van der Waals surface area contributed by atoms with Gasteiger partial charge in [-0.2, -0.15) is 0 Å². The monoisotopic (exact) mass is 337 g/mol. The minimum atomic E-state index is -0.236. The molecule has 106 valence electrons. The first-order chi connectivity index (χ1) is 9.58. The van der Waals surface area contributed by atoms with Crippen LogP contribution in [-0.2, 0) is 6.42 Å². The minimum Gasteiger partial charge on any atom is -0.309 e. The highest BCUT2D eigenvalue weighted by Crippen LogP contribution is 2.20. The van der Waals surface area contributed by atoms with Gasteiger partial charge in [-0.3, -0.25) is 9.97 Å². The largest absolute Gasteiger partial charge is 0.309 e. The molecule has 1 heterocycles. The zero-order valence-corrected chi connectivity index (χ0v) is 13.1. The number of hydrogen-bond donors (Lipinski definition) is 1. The molecule has 0 aliphatic heterocycles. The summed E-state index contributed by atoms with van der Waals surface area (Å²) < 4.78 is 14.2. The summed E-state index contributed by atoms with van der Waals surface area (Å²) in [4.78, 5) is 8.68. The Kier molecular flexibility index (Phi) is 5.20. The molecular weight excluding hydrogens is 321 g/mol. The van der Waals surface area contributed by atoms with Crippen LogP contribution in [0.1, 0.15) is 29.9 Å². The smallest absolute Gasteiger partial charge is 0.124 e. The van der Waals surface area contributed by atoms with Gasteiger partial charge in [-0.05, 0) is 43.7 Å². The Morgan fingerprint density at radius 3 is 2.65 bits per heavy atom. The van der Waals surface area contributed by atoms with Crippen LogP contribution < -0.4 is 5.32 Å².